The average Bonchev–Trinajstić information content (AvgIpc) is 2.80. The molecule has 4 nitrogen and oxygen atoms in total. The Morgan fingerprint density at radius 3 is 2.09 bits per heavy atom. The van der Waals surface area contributed by atoms with Crippen LogP contribution in [-0.4, -0.2) is 29.0 Å². The van der Waals surface area contributed by atoms with Crippen molar-refractivity contribution in [2.75, 3.05) is 6.54 Å². The van der Waals surface area contributed by atoms with E-state index in [1.54, 1.807) is 30.3 Å². The van der Waals surface area contributed by atoms with Crippen molar-refractivity contribution in [3.63, 3.8) is 0 Å². The van der Waals surface area contributed by atoms with Crippen LogP contribution in [0.5, 0.6) is 0 Å². The zero-order valence-corrected chi connectivity index (χ0v) is 12.9. The van der Waals surface area contributed by atoms with Crippen LogP contribution in [0, 0.1) is 6.92 Å². The third kappa shape index (κ3) is 2.80. The van der Waals surface area contributed by atoms with Gasteiger partial charge in [-0.15, -0.1) is 0 Å². The lowest BCUT2D eigenvalue weighted by atomic mass is 10.0. The van der Waals surface area contributed by atoms with E-state index in [-0.39, 0.29) is 24.1 Å². The van der Waals surface area contributed by atoms with E-state index in [1.165, 1.54) is 4.90 Å². The highest BCUT2D eigenvalue weighted by Gasteiger charge is 2.34. The van der Waals surface area contributed by atoms with Gasteiger partial charge >= 0.3 is 0 Å². The number of hydrogen-bond donors (Lipinski definition) is 0. The fourth-order valence-corrected chi connectivity index (χ4v) is 2.86. The molecule has 1 heterocycles. The Kier molecular flexibility index (Phi) is 4.06. The topological polar surface area (TPSA) is 54.5 Å². The van der Waals surface area contributed by atoms with Gasteiger partial charge in [-0.3, -0.25) is 19.3 Å². The molecule has 0 aromatic heterocycles. The van der Waals surface area contributed by atoms with Crippen molar-refractivity contribution in [1.82, 2.24) is 4.90 Å². The molecule has 2 aromatic carbocycles. The van der Waals surface area contributed by atoms with Crippen molar-refractivity contribution in [3.8, 4) is 0 Å². The van der Waals surface area contributed by atoms with Crippen LogP contribution in [-0.2, 0) is 0 Å². The molecule has 0 unspecified atom stereocenters. The van der Waals surface area contributed by atoms with Gasteiger partial charge in [0, 0.05) is 18.5 Å². The molecule has 0 fully saturated rings. The van der Waals surface area contributed by atoms with Gasteiger partial charge in [-0.05, 0) is 31.0 Å². The molecule has 0 N–H and O–H groups in total. The Hall–Kier alpha value is -2.75. The first-order valence-corrected chi connectivity index (χ1v) is 7.63. The fraction of sp³-hybridized carbons (Fsp3) is 0.211. The summed E-state index contributed by atoms with van der Waals surface area (Å²) >= 11 is 0. The second kappa shape index (κ2) is 6.16. The summed E-state index contributed by atoms with van der Waals surface area (Å²) in [7, 11) is 0. The Balaban J connectivity index is 1.62. The lowest BCUT2D eigenvalue weighted by Crippen LogP contribution is -2.31. The van der Waals surface area contributed by atoms with Gasteiger partial charge in [-0.1, -0.05) is 36.4 Å². The minimum absolute atomic E-state index is 0.0414. The lowest BCUT2D eigenvalue weighted by molar-refractivity contribution is 0.0647. The SMILES string of the molecule is Cc1ccccc1C(=O)CCCN1C(=O)c2ccccc2C1=O. The van der Waals surface area contributed by atoms with Crippen LogP contribution in [0.1, 0.15) is 49.5 Å². The first kappa shape index (κ1) is 15.2. The third-order valence-electron chi connectivity index (χ3n) is 4.11. The highest BCUT2D eigenvalue weighted by molar-refractivity contribution is 6.21. The predicted octanol–water partition coefficient (Wildman–Crippen LogP) is 3.25. The zero-order valence-electron chi connectivity index (χ0n) is 12.9. The van der Waals surface area contributed by atoms with Gasteiger partial charge in [0.25, 0.3) is 11.8 Å². The van der Waals surface area contributed by atoms with Crippen LogP contribution < -0.4 is 0 Å². The Morgan fingerprint density at radius 1 is 0.913 bits per heavy atom. The minimum Gasteiger partial charge on any atom is -0.294 e. The Labute approximate surface area is 134 Å². The quantitative estimate of drug-likeness (QED) is 0.629. The standard InChI is InChI=1S/C19H17NO3/c1-13-7-2-3-8-14(13)17(21)11-6-12-20-18(22)15-9-4-5-10-16(15)19(20)23/h2-5,7-10H,6,11-12H2,1H3. The molecule has 1 aliphatic heterocycles. The number of rotatable bonds is 5. The van der Waals surface area contributed by atoms with Crippen molar-refractivity contribution < 1.29 is 14.4 Å². The molecule has 1 aliphatic rings. The van der Waals surface area contributed by atoms with Crippen LogP contribution in [0.2, 0.25) is 0 Å². The summed E-state index contributed by atoms with van der Waals surface area (Å²) in [5.74, 6) is -0.498. The number of hydrogen-bond acceptors (Lipinski definition) is 3. The number of fused-ring (bicyclic) bond motifs is 1. The molecule has 3 rings (SSSR count). The number of ketones is 1. The molecule has 0 radical (unpaired) electrons. The molecule has 2 aromatic rings. The van der Waals surface area contributed by atoms with E-state index < -0.39 is 0 Å². The minimum atomic E-state index is -0.269. The van der Waals surface area contributed by atoms with Gasteiger partial charge in [-0.25, -0.2) is 0 Å². The van der Waals surface area contributed by atoms with Crippen molar-refractivity contribution in [3.05, 3.63) is 70.8 Å². The first-order chi connectivity index (χ1) is 11.1. The highest BCUT2D eigenvalue weighted by Crippen LogP contribution is 2.23. The van der Waals surface area contributed by atoms with Crippen molar-refractivity contribution in [2.24, 2.45) is 0 Å². The summed E-state index contributed by atoms with van der Waals surface area (Å²) in [6.07, 6.45) is 0.789. The van der Waals surface area contributed by atoms with Gasteiger partial charge < -0.3 is 0 Å². The predicted molar refractivity (Wildman–Crippen MR) is 86.6 cm³/mol. The number of imide groups is 1. The molecule has 0 saturated heterocycles. The van der Waals surface area contributed by atoms with Gasteiger partial charge in [0.1, 0.15) is 0 Å². The van der Waals surface area contributed by atoms with Crippen LogP contribution in [0.3, 0.4) is 0 Å². The second-order valence-corrected chi connectivity index (χ2v) is 5.65. The highest BCUT2D eigenvalue weighted by atomic mass is 16.2. The summed E-state index contributed by atoms with van der Waals surface area (Å²) in [5.41, 5.74) is 2.54. The second-order valence-electron chi connectivity index (χ2n) is 5.65. The monoisotopic (exact) mass is 307 g/mol. The molecule has 0 saturated carbocycles. The van der Waals surface area contributed by atoms with Gasteiger partial charge in [0.05, 0.1) is 11.1 Å². The van der Waals surface area contributed by atoms with Crippen LogP contribution >= 0.6 is 0 Å². The zero-order chi connectivity index (χ0) is 16.4. The van der Waals surface area contributed by atoms with Crippen LogP contribution in [0.4, 0.5) is 0 Å². The number of amides is 2. The van der Waals surface area contributed by atoms with Crippen molar-refractivity contribution in [2.45, 2.75) is 19.8 Å². The van der Waals surface area contributed by atoms with E-state index in [1.807, 2.05) is 25.1 Å². The van der Waals surface area contributed by atoms with Gasteiger partial charge in [0.15, 0.2) is 5.78 Å². The maximum Gasteiger partial charge on any atom is 0.261 e. The Morgan fingerprint density at radius 2 is 1.48 bits per heavy atom. The molecule has 23 heavy (non-hydrogen) atoms. The summed E-state index contributed by atoms with van der Waals surface area (Å²) in [4.78, 5) is 37.9. The van der Waals surface area contributed by atoms with Crippen molar-refractivity contribution >= 4 is 17.6 Å². The fourth-order valence-electron chi connectivity index (χ4n) is 2.86. The number of carbonyl (C=O) groups is 3. The van der Waals surface area contributed by atoms with E-state index in [4.69, 9.17) is 0 Å². The molecule has 116 valence electrons. The normalized spacial score (nSPS) is 13.3. The smallest absolute Gasteiger partial charge is 0.261 e. The maximum absolute atomic E-state index is 12.2. The Bertz CT molecular complexity index is 760. The summed E-state index contributed by atoms with van der Waals surface area (Å²) < 4.78 is 0. The first-order valence-electron chi connectivity index (χ1n) is 7.63. The summed E-state index contributed by atoms with van der Waals surface area (Å²) in [6, 6.07) is 14.2. The molecule has 0 aliphatic carbocycles. The van der Waals surface area contributed by atoms with E-state index in [0.29, 0.717) is 29.5 Å². The molecule has 2 amide bonds. The molecule has 0 atom stereocenters. The molecular weight excluding hydrogens is 290 g/mol. The molecule has 0 bridgehead atoms. The number of Topliss-reactive ketones (excluding diaryl/α,β-unsaturated/α-hetero) is 1. The van der Waals surface area contributed by atoms with E-state index >= 15 is 0 Å². The van der Waals surface area contributed by atoms with E-state index in [2.05, 4.69) is 0 Å². The maximum atomic E-state index is 12.2. The number of nitrogens with zero attached hydrogens (tertiary/aromatic N) is 1. The summed E-state index contributed by atoms with van der Waals surface area (Å²) in [6.45, 7) is 2.17. The number of benzene rings is 2. The molecular formula is C19H17NO3. The van der Waals surface area contributed by atoms with Gasteiger partial charge in [-0.2, -0.15) is 0 Å². The average molecular weight is 307 g/mol. The van der Waals surface area contributed by atoms with E-state index in [0.717, 1.165) is 5.56 Å². The molecule has 0 spiro atoms. The van der Waals surface area contributed by atoms with Crippen LogP contribution in [0.15, 0.2) is 48.5 Å². The van der Waals surface area contributed by atoms with Crippen molar-refractivity contribution in [1.29, 1.82) is 0 Å². The summed E-state index contributed by atoms with van der Waals surface area (Å²) in [5, 5.41) is 0. The largest absolute Gasteiger partial charge is 0.294 e. The third-order valence-corrected chi connectivity index (χ3v) is 4.11. The number of carbonyl (C=O) groups excluding carboxylic acids is 3. The van der Waals surface area contributed by atoms with E-state index in [9.17, 15) is 14.4 Å². The van der Waals surface area contributed by atoms with Gasteiger partial charge in [0.2, 0.25) is 0 Å². The lowest BCUT2D eigenvalue weighted by Gasteiger charge is -2.13. The molecule has 4 heteroatoms. The number of aryl methyl sites for hydroxylation is 1. The van der Waals surface area contributed by atoms with Crippen LogP contribution in [0.25, 0.3) is 0 Å².